The maximum absolute atomic E-state index is 11.2. The fourth-order valence-corrected chi connectivity index (χ4v) is 1.02. The van der Waals surface area contributed by atoms with E-state index >= 15 is 0 Å². The second-order valence-electron chi connectivity index (χ2n) is 2.79. The lowest BCUT2D eigenvalue weighted by molar-refractivity contribution is 0.0491. The van der Waals surface area contributed by atoms with E-state index in [0.717, 1.165) is 0 Å². The maximum Gasteiger partial charge on any atom is 0.273 e. The molecule has 7 heteroatoms. The molecule has 0 aliphatic rings. The van der Waals surface area contributed by atoms with Crippen LogP contribution < -0.4 is 11.1 Å². The van der Waals surface area contributed by atoms with Crippen LogP contribution >= 0.6 is 0 Å². The average Bonchev–Trinajstić information content (AvgIpc) is 2.60. The van der Waals surface area contributed by atoms with Gasteiger partial charge in [0, 0.05) is 7.05 Å². The topological polar surface area (TPSA) is 102 Å². The van der Waals surface area contributed by atoms with Crippen molar-refractivity contribution in [3.05, 3.63) is 12.0 Å². The molecule has 15 heavy (non-hydrogen) atoms. The molecule has 0 atom stereocenters. The molecule has 0 bridgehead atoms. The van der Waals surface area contributed by atoms with Crippen LogP contribution in [0, 0.1) is 0 Å². The van der Waals surface area contributed by atoms with Crippen LogP contribution in [0.2, 0.25) is 0 Å². The summed E-state index contributed by atoms with van der Waals surface area (Å²) < 4.78 is 6.52. The zero-order chi connectivity index (χ0) is 11.3. The molecule has 0 unspecified atom stereocenters. The summed E-state index contributed by atoms with van der Waals surface area (Å²) in [5, 5.41) is 10.9. The molecule has 1 aromatic heterocycles. The van der Waals surface area contributed by atoms with Crippen molar-refractivity contribution in [2.24, 2.45) is 0 Å². The largest absolute Gasteiger partial charge is 0.394 e. The predicted octanol–water partition coefficient (Wildman–Crippen LogP) is -1.21. The van der Waals surface area contributed by atoms with E-state index < -0.39 is 0 Å². The number of carbonyl (C=O) groups is 1. The lowest BCUT2D eigenvalue weighted by atomic mass is 10.4. The lowest BCUT2D eigenvalue weighted by Gasteiger charge is -2.05. The minimum absolute atomic E-state index is 0.0586. The van der Waals surface area contributed by atoms with Gasteiger partial charge in [0.15, 0.2) is 5.69 Å². The first-order chi connectivity index (χ1) is 7.20. The number of amides is 1. The summed E-state index contributed by atoms with van der Waals surface area (Å²) >= 11 is 0. The van der Waals surface area contributed by atoms with E-state index in [1.165, 1.54) is 17.9 Å². The molecule has 0 radical (unpaired) electrons. The summed E-state index contributed by atoms with van der Waals surface area (Å²) in [5.74, 6) is -0.0966. The van der Waals surface area contributed by atoms with Crippen molar-refractivity contribution >= 4 is 11.7 Å². The molecule has 0 saturated carbocycles. The summed E-state index contributed by atoms with van der Waals surface area (Å²) in [7, 11) is 1.50. The third-order valence-electron chi connectivity index (χ3n) is 1.79. The molecule has 0 aliphatic carbocycles. The van der Waals surface area contributed by atoms with Gasteiger partial charge in [-0.2, -0.15) is 0 Å². The molecular formula is C8H14N4O3. The highest BCUT2D eigenvalue weighted by Gasteiger charge is 2.13. The molecule has 0 aromatic carbocycles. The number of imidazole rings is 1. The number of nitrogen functional groups attached to an aromatic ring is 1. The summed E-state index contributed by atoms with van der Waals surface area (Å²) in [4.78, 5) is 15.1. The summed E-state index contributed by atoms with van der Waals surface area (Å²) in [6.07, 6.45) is 1.41. The molecule has 0 fully saturated rings. The molecule has 1 rings (SSSR count). The van der Waals surface area contributed by atoms with Crippen molar-refractivity contribution in [2.45, 2.75) is 6.73 Å². The van der Waals surface area contributed by atoms with E-state index in [9.17, 15) is 4.79 Å². The van der Waals surface area contributed by atoms with Crippen LogP contribution in [0.3, 0.4) is 0 Å². The minimum atomic E-state index is -0.339. The van der Waals surface area contributed by atoms with Crippen molar-refractivity contribution in [3.8, 4) is 0 Å². The second kappa shape index (κ2) is 5.32. The van der Waals surface area contributed by atoms with Crippen LogP contribution in [0.4, 0.5) is 5.82 Å². The Hall–Kier alpha value is -1.60. The van der Waals surface area contributed by atoms with E-state index in [4.69, 9.17) is 15.6 Å². The number of aliphatic hydroxyl groups excluding tert-OH is 1. The zero-order valence-electron chi connectivity index (χ0n) is 8.43. The molecule has 84 valence electrons. The fourth-order valence-electron chi connectivity index (χ4n) is 1.02. The molecular weight excluding hydrogens is 200 g/mol. The standard InChI is InChI=1S/C8H14N4O3/c1-10-8(14)6-7(9)12(4-11-6)5-15-3-2-13/h4,13H,2-3,5,9H2,1H3,(H,10,14). The van der Waals surface area contributed by atoms with E-state index in [-0.39, 0.29) is 37.4 Å². The number of nitrogens with two attached hydrogens (primary N) is 1. The smallest absolute Gasteiger partial charge is 0.273 e. The number of nitrogens with zero attached hydrogens (tertiary/aromatic N) is 2. The van der Waals surface area contributed by atoms with Gasteiger partial charge >= 0.3 is 0 Å². The fraction of sp³-hybridized carbons (Fsp3) is 0.500. The van der Waals surface area contributed by atoms with Crippen LogP contribution in [0.25, 0.3) is 0 Å². The van der Waals surface area contributed by atoms with Crippen molar-refractivity contribution in [1.29, 1.82) is 0 Å². The molecule has 0 saturated heterocycles. The van der Waals surface area contributed by atoms with Crippen LogP contribution in [0.5, 0.6) is 0 Å². The van der Waals surface area contributed by atoms with E-state index in [0.29, 0.717) is 0 Å². The van der Waals surface area contributed by atoms with Gasteiger partial charge in [-0.3, -0.25) is 9.36 Å². The third kappa shape index (κ3) is 2.67. The van der Waals surface area contributed by atoms with Gasteiger partial charge < -0.3 is 20.9 Å². The first-order valence-corrected chi connectivity index (χ1v) is 4.42. The number of rotatable bonds is 5. The Kier molecular flexibility index (Phi) is 4.07. The first-order valence-electron chi connectivity index (χ1n) is 4.42. The van der Waals surface area contributed by atoms with Gasteiger partial charge in [0.1, 0.15) is 12.5 Å². The van der Waals surface area contributed by atoms with Gasteiger partial charge in [-0.15, -0.1) is 0 Å². The summed E-state index contributed by atoms with van der Waals surface area (Å²) in [6, 6.07) is 0. The third-order valence-corrected chi connectivity index (χ3v) is 1.79. The number of hydrogen-bond donors (Lipinski definition) is 3. The second-order valence-corrected chi connectivity index (χ2v) is 2.79. The number of hydrogen-bond acceptors (Lipinski definition) is 5. The average molecular weight is 214 g/mol. The predicted molar refractivity (Wildman–Crippen MR) is 53.1 cm³/mol. The van der Waals surface area contributed by atoms with Gasteiger partial charge in [0.25, 0.3) is 5.91 Å². The maximum atomic E-state index is 11.2. The Bertz CT molecular complexity index is 337. The van der Waals surface area contributed by atoms with Crippen molar-refractivity contribution < 1.29 is 14.6 Å². The number of aliphatic hydroxyl groups is 1. The first kappa shape index (κ1) is 11.5. The van der Waals surface area contributed by atoms with Crippen molar-refractivity contribution in [1.82, 2.24) is 14.9 Å². The van der Waals surface area contributed by atoms with Crippen molar-refractivity contribution in [3.63, 3.8) is 0 Å². The SMILES string of the molecule is CNC(=O)c1ncn(COCCO)c1N. The quantitative estimate of drug-likeness (QED) is 0.534. The van der Waals surface area contributed by atoms with Crippen LogP contribution in [0.15, 0.2) is 6.33 Å². The van der Waals surface area contributed by atoms with E-state index in [2.05, 4.69) is 10.3 Å². The van der Waals surface area contributed by atoms with Gasteiger partial charge in [0.2, 0.25) is 0 Å². The Morgan fingerprint density at radius 1 is 1.80 bits per heavy atom. The van der Waals surface area contributed by atoms with Crippen LogP contribution in [-0.2, 0) is 11.5 Å². The van der Waals surface area contributed by atoms with E-state index in [1.54, 1.807) is 0 Å². The molecule has 0 aliphatic heterocycles. The van der Waals surface area contributed by atoms with Crippen LogP contribution in [0.1, 0.15) is 10.5 Å². The molecule has 7 nitrogen and oxygen atoms in total. The van der Waals surface area contributed by atoms with Crippen LogP contribution in [-0.4, -0.2) is 40.8 Å². The normalized spacial score (nSPS) is 10.3. The Morgan fingerprint density at radius 3 is 3.13 bits per heavy atom. The van der Waals surface area contributed by atoms with Gasteiger partial charge in [0.05, 0.1) is 19.5 Å². The van der Waals surface area contributed by atoms with Crippen molar-refractivity contribution in [2.75, 3.05) is 26.0 Å². The minimum Gasteiger partial charge on any atom is -0.394 e. The number of anilines is 1. The summed E-state index contributed by atoms with van der Waals surface area (Å²) in [5.41, 5.74) is 5.83. The molecule has 1 amide bonds. The molecule has 0 spiro atoms. The van der Waals surface area contributed by atoms with Gasteiger partial charge in [-0.25, -0.2) is 4.98 Å². The number of carbonyl (C=O) groups excluding carboxylic acids is 1. The Balaban J connectivity index is 2.67. The monoisotopic (exact) mass is 214 g/mol. The van der Waals surface area contributed by atoms with Gasteiger partial charge in [-0.1, -0.05) is 0 Å². The highest BCUT2D eigenvalue weighted by molar-refractivity contribution is 5.96. The Labute approximate surface area is 86.9 Å². The summed E-state index contributed by atoms with van der Waals surface area (Å²) in [6.45, 7) is 0.320. The highest BCUT2D eigenvalue weighted by atomic mass is 16.5. The number of nitrogens with one attached hydrogen (secondary N) is 1. The molecule has 1 aromatic rings. The number of ether oxygens (including phenoxy) is 1. The highest BCUT2D eigenvalue weighted by Crippen LogP contribution is 2.09. The molecule has 1 heterocycles. The van der Waals surface area contributed by atoms with Gasteiger partial charge in [-0.05, 0) is 0 Å². The Morgan fingerprint density at radius 2 is 2.53 bits per heavy atom. The zero-order valence-corrected chi connectivity index (χ0v) is 8.43. The molecule has 4 N–H and O–H groups in total. The lowest BCUT2D eigenvalue weighted by Crippen LogP contribution is -2.20. The number of aromatic nitrogens is 2. The van der Waals surface area contributed by atoms with E-state index in [1.807, 2.05) is 0 Å².